The number of nitrogens with zero attached hydrogens (tertiary/aromatic N) is 2. The number of benzene rings is 1. The minimum absolute atomic E-state index is 0.0151. The van der Waals surface area contributed by atoms with Gasteiger partial charge in [0, 0.05) is 23.8 Å². The van der Waals surface area contributed by atoms with Gasteiger partial charge >= 0.3 is 0 Å². The molecule has 1 amide bonds. The zero-order valence-corrected chi connectivity index (χ0v) is 11.7. The van der Waals surface area contributed by atoms with Crippen LogP contribution in [0.3, 0.4) is 0 Å². The number of carbonyl (C=O) groups excluding carboxylic acids is 1. The number of aromatic nitrogens is 2. The molecule has 0 spiro atoms. The molecular formula is C14H16ClN3O. The number of hydrogen-bond donors (Lipinski definition) is 1. The van der Waals surface area contributed by atoms with E-state index >= 15 is 0 Å². The van der Waals surface area contributed by atoms with Gasteiger partial charge in [-0.3, -0.25) is 9.48 Å². The summed E-state index contributed by atoms with van der Waals surface area (Å²) in [7, 11) is 1.85. The van der Waals surface area contributed by atoms with Gasteiger partial charge in [-0.05, 0) is 24.6 Å². The van der Waals surface area contributed by atoms with Gasteiger partial charge in [0.2, 0.25) is 5.91 Å². The van der Waals surface area contributed by atoms with Gasteiger partial charge in [-0.25, -0.2) is 0 Å². The molecule has 1 aromatic carbocycles. The van der Waals surface area contributed by atoms with Crippen molar-refractivity contribution in [1.82, 2.24) is 15.1 Å². The Labute approximate surface area is 117 Å². The summed E-state index contributed by atoms with van der Waals surface area (Å²) in [6.45, 7) is 1.94. The van der Waals surface area contributed by atoms with E-state index in [0.717, 1.165) is 11.1 Å². The molecule has 0 aliphatic rings. The van der Waals surface area contributed by atoms with E-state index in [1.807, 2.05) is 32.3 Å². The summed E-state index contributed by atoms with van der Waals surface area (Å²) >= 11 is 5.81. The minimum Gasteiger partial charge on any atom is -0.349 e. The van der Waals surface area contributed by atoms with E-state index in [4.69, 9.17) is 11.6 Å². The van der Waals surface area contributed by atoms with E-state index in [0.29, 0.717) is 11.4 Å². The molecule has 0 aliphatic heterocycles. The molecule has 2 aromatic rings. The molecule has 1 heterocycles. The number of hydrogen-bond acceptors (Lipinski definition) is 2. The third-order valence-electron chi connectivity index (χ3n) is 2.88. The van der Waals surface area contributed by atoms with Crippen LogP contribution in [-0.2, 0) is 18.3 Å². The second kappa shape index (κ2) is 5.89. The number of nitrogens with one attached hydrogen (secondary N) is 1. The van der Waals surface area contributed by atoms with E-state index in [-0.39, 0.29) is 11.9 Å². The van der Waals surface area contributed by atoms with Crippen molar-refractivity contribution >= 4 is 17.5 Å². The van der Waals surface area contributed by atoms with Crippen LogP contribution in [0.2, 0.25) is 5.02 Å². The number of halogens is 1. The van der Waals surface area contributed by atoms with Crippen LogP contribution in [0.4, 0.5) is 0 Å². The Morgan fingerprint density at radius 3 is 2.68 bits per heavy atom. The quantitative estimate of drug-likeness (QED) is 0.933. The van der Waals surface area contributed by atoms with Gasteiger partial charge in [-0.2, -0.15) is 5.10 Å². The maximum Gasteiger partial charge on any atom is 0.224 e. The fraction of sp³-hybridized carbons (Fsp3) is 0.286. The van der Waals surface area contributed by atoms with Crippen molar-refractivity contribution in [3.05, 3.63) is 52.8 Å². The molecule has 0 saturated heterocycles. The largest absolute Gasteiger partial charge is 0.349 e. The van der Waals surface area contributed by atoms with Gasteiger partial charge in [0.1, 0.15) is 0 Å². The van der Waals surface area contributed by atoms with E-state index in [1.165, 1.54) is 0 Å². The first-order valence-corrected chi connectivity index (χ1v) is 6.45. The van der Waals surface area contributed by atoms with E-state index < -0.39 is 0 Å². The average molecular weight is 278 g/mol. The molecule has 0 unspecified atom stereocenters. The maximum absolute atomic E-state index is 11.9. The highest BCUT2D eigenvalue weighted by molar-refractivity contribution is 6.30. The molecule has 100 valence electrons. The summed E-state index contributed by atoms with van der Waals surface area (Å²) in [5.41, 5.74) is 1.94. The zero-order valence-electron chi connectivity index (χ0n) is 10.9. The number of amides is 1. The molecule has 5 heteroatoms. The van der Waals surface area contributed by atoms with Crippen molar-refractivity contribution < 1.29 is 4.79 Å². The monoisotopic (exact) mass is 277 g/mol. The van der Waals surface area contributed by atoms with E-state index in [9.17, 15) is 4.79 Å². The van der Waals surface area contributed by atoms with Crippen LogP contribution in [0.15, 0.2) is 36.7 Å². The van der Waals surface area contributed by atoms with Crippen LogP contribution in [0.1, 0.15) is 24.1 Å². The van der Waals surface area contributed by atoms with Gasteiger partial charge < -0.3 is 5.32 Å². The Bertz CT molecular complexity index is 562. The SMILES string of the molecule is C[C@H](NC(=O)Cc1ccc(Cl)cc1)c1cnn(C)c1. The van der Waals surface area contributed by atoms with Gasteiger partial charge in [0.05, 0.1) is 18.7 Å². The molecular weight excluding hydrogens is 262 g/mol. The summed E-state index contributed by atoms with van der Waals surface area (Å²) in [4.78, 5) is 11.9. The average Bonchev–Trinajstić information content (AvgIpc) is 2.79. The van der Waals surface area contributed by atoms with Crippen molar-refractivity contribution in [3.63, 3.8) is 0 Å². The summed E-state index contributed by atoms with van der Waals surface area (Å²) in [5.74, 6) is -0.0151. The van der Waals surface area contributed by atoms with Crippen LogP contribution in [-0.4, -0.2) is 15.7 Å². The molecule has 0 radical (unpaired) electrons. The Morgan fingerprint density at radius 1 is 1.42 bits per heavy atom. The van der Waals surface area contributed by atoms with E-state index in [1.54, 1.807) is 23.0 Å². The molecule has 0 bridgehead atoms. The fourth-order valence-corrected chi connectivity index (χ4v) is 1.95. The number of rotatable bonds is 4. The second-order valence-electron chi connectivity index (χ2n) is 4.54. The van der Waals surface area contributed by atoms with Gasteiger partial charge in [0.15, 0.2) is 0 Å². The van der Waals surface area contributed by atoms with Crippen LogP contribution < -0.4 is 5.32 Å². The normalized spacial score (nSPS) is 12.2. The first-order valence-electron chi connectivity index (χ1n) is 6.07. The highest BCUT2D eigenvalue weighted by atomic mass is 35.5. The Balaban J connectivity index is 1.92. The van der Waals surface area contributed by atoms with Gasteiger partial charge in [-0.1, -0.05) is 23.7 Å². The predicted molar refractivity (Wildman–Crippen MR) is 74.9 cm³/mol. The smallest absolute Gasteiger partial charge is 0.224 e. The molecule has 19 heavy (non-hydrogen) atoms. The summed E-state index contributed by atoms with van der Waals surface area (Å²) in [6.07, 6.45) is 4.00. The summed E-state index contributed by atoms with van der Waals surface area (Å²) < 4.78 is 1.72. The molecule has 0 saturated carbocycles. The third-order valence-corrected chi connectivity index (χ3v) is 3.13. The van der Waals surface area contributed by atoms with Crippen LogP contribution in [0.25, 0.3) is 0 Å². The zero-order chi connectivity index (χ0) is 13.8. The minimum atomic E-state index is -0.0477. The molecule has 0 fully saturated rings. The Morgan fingerprint density at radius 2 is 2.11 bits per heavy atom. The van der Waals surface area contributed by atoms with Crippen molar-refractivity contribution in [1.29, 1.82) is 0 Å². The lowest BCUT2D eigenvalue weighted by molar-refractivity contribution is -0.121. The predicted octanol–water partition coefficient (Wildman–Crippen LogP) is 2.49. The molecule has 1 aromatic heterocycles. The third kappa shape index (κ3) is 3.83. The highest BCUT2D eigenvalue weighted by Gasteiger charge is 2.11. The lowest BCUT2D eigenvalue weighted by Crippen LogP contribution is -2.27. The van der Waals surface area contributed by atoms with Crippen molar-refractivity contribution in [2.75, 3.05) is 0 Å². The highest BCUT2D eigenvalue weighted by Crippen LogP contribution is 2.12. The molecule has 1 atom stereocenters. The van der Waals surface area contributed by atoms with Crippen LogP contribution in [0.5, 0.6) is 0 Å². The molecule has 0 aliphatic carbocycles. The Kier molecular flexibility index (Phi) is 4.22. The molecule has 4 nitrogen and oxygen atoms in total. The summed E-state index contributed by atoms with van der Waals surface area (Å²) in [5, 5.41) is 7.71. The first-order chi connectivity index (χ1) is 9.04. The van der Waals surface area contributed by atoms with Crippen LogP contribution >= 0.6 is 11.6 Å². The fourth-order valence-electron chi connectivity index (χ4n) is 1.83. The molecule has 1 N–H and O–H groups in total. The summed E-state index contributed by atoms with van der Waals surface area (Å²) in [6, 6.07) is 7.24. The maximum atomic E-state index is 11.9. The van der Waals surface area contributed by atoms with Gasteiger partial charge in [-0.15, -0.1) is 0 Å². The van der Waals surface area contributed by atoms with Crippen molar-refractivity contribution in [2.45, 2.75) is 19.4 Å². The Hall–Kier alpha value is -1.81. The molecule has 2 rings (SSSR count). The van der Waals surface area contributed by atoms with Crippen molar-refractivity contribution in [2.24, 2.45) is 7.05 Å². The standard InChI is InChI=1S/C14H16ClN3O/c1-10(12-8-16-18(2)9-12)17-14(19)7-11-3-5-13(15)6-4-11/h3-6,8-10H,7H2,1-2H3,(H,17,19)/t10-/m0/s1. The first kappa shape index (κ1) is 13.6. The lowest BCUT2D eigenvalue weighted by Gasteiger charge is -2.12. The van der Waals surface area contributed by atoms with Gasteiger partial charge in [0.25, 0.3) is 0 Å². The van der Waals surface area contributed by atoms with E-state index in [2.05, 4.69) is 10.4 Å². The lowest BCUT2D eigenvalue weighted by atomic mass is 10.1. The topological polar surface area (TPSA) is 46.9 Å². The number of aryl methyl sites for hydroxylation is 1. The van der Waals surface area contributed by atoms with Crippen LogP contribution in [0, 0.1) is 0 Å². The van der Waals surface area contributed by atoms with Crippen molar-refractivity contribution in [3.8, 4) is 0 Å². The number of carbonyl (C=O) groups is 1. The second-order valence-corrected chi connectivity index (χ2v) is 4.98.